The van der Waals surface area contributed by atoms with Crippen molar-refractivity contribution < 1.29 is 13.2 Å². The van der Waals surface area contributed by atoms with Crippen molar-refractivity contribution in [1.29, 1.82) is 0 Å². The molecule has 2 rings (SSSR count). The molecule has 25 heavy (non-hydrogen) atoms. The lowest BCUT2D eigenvalue weighted by Gasteiger charge is -2.10. The van der Waals surface area contributed by atoms with E-state index in [2.05, 4.69) is 15.6 Å². The van der Waals surface area contributed by atoms with Gasteiger partial charge in [-0.25, -0.2) is 13.4 Å². The molecule has 134 valence electrons. The first-order valence-electron chi connectivity index (χ1n) is 7.32. The van der Waals surface area contributed by atoms with E-state index >= 15 is 0 Å². The van der Waals surface area contributed by atoms with E-state index in [0.717, 1.165) is 6.26 Å². The van der Waals surface area contributed by atoms with Crippen LogP contribution < -0.4 is 10.6 Å². The van der Waals surface area contributed by atoms with Gasteiger partial charge in [-0.05, 0) is 30.7 Å². The van der Waals surface area contributed by atoms with Gasteiger partial charge in [-0.15, -0.1) is 0 Å². The van der Waals surface area contributed by atoms with Crippen LogP contribution in [0.5, 0.6) is 0 Å². The molecule has 1 aromatic heterocycles. The zero-order chi connectivity index (χ0) is 18.6. The lowest BCUT2D eigenvalue weighted by molar-refractivity contribution is 0.0955. The number of carbonyl (C=O) groups is 1. The van der Waals surface area contributed by atoms with Crippen LogP contribution in [0.15, 0.2) is 35.4 Å². The van der Waals surface area contributed by atoms with Gasteiger partial charge in [0.25, 0.3) is 5.91 Å². The van der Waals surface area contributed by atoms with Gasteiger partial charge in [0.1, 0.15) is 5.82 Å². The van der Waals surface area contributed by atoms with Gasteiger partial charge in [-0.2, -0.15) is 0 Å². The second-order valence-corrected chi connectivity index (χ2v) is 8.25. The summed E-state index contributed by atoms with van der Waals surface area (Å²) in [6.45, 7) is 2.39. The third-order valence-electron chi connectivity index (χ3n) is 3.36. The normalized spacial score (nSPS) is 11.2. The largest absolute Gasteiger partial charge is 0.367 e. The zero-order valence-electron chi connectivity index (χ0n) is 13.6. The summed E-state index contributed by atoms with van der Waals surface area (Å²) in [6.07, 6.45) is 2.58. The summed E-state index contributed by atoms with van der Waals surface area (Å²) in [5, 5.41) is 6.50. The van der Waals surface area contributed by atoms with E-state index in [1.54, 1.807) is 25.1 Å². The third-order valence-corrected chi connectivity index (χ3v) is 5.09. The Balaban J connectivity index is 1.94. The number of hydrogen-bond donors (Lipinski definition) is 2. The number of benzene rings is 1. The summed E-state index contributed by atoms with van der Waals surface area (Å²) in [7, 11) is -3.39. The molecule has 0 aliphatic heterocycles. The number of rotatable bonds is 6. The van der Waals surface area contributed by atoms with E-state index < -0.39 is 9.84 Å². The van der Waals surface area contributed by atoms with Crippen LogP contribution >= 0.6 is 23.2 Å². The summed E-state index contributed by atoms with van der Waals surface area (Å²) < 4.78 is 23.5. The van der Waals surface area contributed by atoms with Gasteiger partial charge in [0, 0.05) is 31.1 Å². The van der Waals surface area contributed by atoms with Crippen molar-refractivity contribution >= 4 is 44.8 Å². The standard InChI is InChI=1S/C16H17Cl2N3O3S/c1-10-3-4-11(7-14(10)25(2,23)24)16(22)20-6-5-19-15-13(18)8-12(17)9-21-15/h3-4,7-9H,5-6H2,1-2H3,(H,19,21)(H,20,22). The Kier molecular flexibility index (Phi) is 6.26. The number of amides is 1. The molecule has 2 N–H and O–H groups in total. The molecule has 1 aromatic carbocycles. The molecule has 0 radical (unpaired) electrons. The molecule has 0 atom stereocenters. The van der Waals surface area contributed by atoms with E-state index in [1.807, 2.05) is 0 Å². The highest BCUT2D eigenvalue weighted by atomic mass is 35.5. The Labute approximate surface area is 156 Å². The van der Waals surface area contributed by atoms with Crippen LogP contribution in [0.4, 0.5) is 5.82 Å². The van der Waals surface area contributed by atoms with E-state index in [9.17, 15) is 13.2 Å². The molecule has 6 nitrogen and oxygen atoms in total. The molecule has 0 unspecified atom stereocenters. The maximum Gasteiger partial charge on any atom is 0.251 e. The minimum Gasteiger partial charge on any atom is -0.367 e. The molecule has 1 amide bonds. The molecule has 9 heteroatoms. The summed E-state index contributed by atoms with van der Waals surface area (Å²) >= 11 is 11.8. The second-order valence-electron chi connectivity index (χ2n) is 5.42. The highest BCUT2D eigenvalue weighted by Crippen LogP contribution is 2.22. The summed E-state index contributed by atoms with van der Waals surface area (Å²) in [6, 6.07) is 6.15. The van der Waals surface area contributed by atoms with E-state index in [-0.39, 0.29) is 16.4 Å². The van der Waals surface area contributed by atoms with Crippen molar-refractivity contribution in [2.75, 3.05) is 24.7 Å². The molecule has 0 fully saturated rings. The van der Waals surface area contributed by atoms with Crippen molar-refractivity contribution in [2.45, 2.75) is 11.8 Å². The number of halogens is 2. The molecule has 1 heterocycles. The lowest BCUT2D eigenvalue weighted by atomic mass is 10.1. The minimum atomic E-state index is -3.39. The Hall–Kier alpha value is -1.83. The van der Waals surface area contributed by atoms with Gasteiger partial charge in [-0.1, -0.05) is 29.3 Å². The molecule has 0 aliphatic carbocycles. The van der Waals surface area contributed by atoms with Crippen LogP contribution in [-0.2, 0) is 9.84 Å². The lowest BCUT2D eigenvalue weighted by Crippen LogP contribution is -2.29. The fourth-order valence-corrected chi connectivity index (χ4v) is 3.59. The van der Waals surface area contributed by atoms with Crippen LogP contribution in [0.1, 0.15) is 15.9 Å². The number of aromatic nitrogens is 1. The van der Waals surface area contributed by atoms with Crippen molar-refractivity contribution in [2.24, 2.45) is 0 Å². The van der Waals surface area contributed by atoms with Crippen molar-refractivity contribution in [3.8, 4) is 0 Å². The van der Waals surface area contributed by atoms with E-state index in [1.165, 1.54) is 12.3 Å². The predicted octanol–water partition coefficient (Wildman–Crippen LogP) is 2.94. The van der Waals surface area contributed by atoms with Crippen LogP contribution in [0.25, 0.3) is 0 Å². The summed E-state index contributed by atoms with van der Waals surface area (Å²) in [5.74, 6) is 0.108. The molecule has 0 bridgehead atoms. The zero-order valence-corrected chi connectivity index (χ0v) is 16.0. The highest BCUT2D eigenvalue weighted by Gasteiger charge is 2.14. The van der Waals surface area contributed by atoms with Crippen LogP contribution in [0.2, 0.25) is 10.0 Å². The fraction of sp³-hybridized carbons (Fsp3) is 0.250. The van der Waals surface area contributed by atoms with E-state index in [4.69, 9.17) is 23.2 Å². The van der Waals surface area contributed by atoms with Crippen molar-refractivity contribution in [3.05, 3.63) is 51.6 Å². The maximum atomic E-state index is 12.2. The number of hydrogen-bond acceptors (Lipinski definition) is 5. The topological polar surface area (TPSA) is 88.2 Å². The summed E-state index contributed by atoms with van der Waals surface area (Å²) in [4.78, 5) is 16.4. The quantitative estimate of drug-likeness (QED) is 0.726. The Morgan fingerprint density at radius 3 is 2.56 bits per heavy atom. The first-order chi connectivity index (χ1) is 11.7. The van der Waals surface area contributed by atoms with Crippen molar-refractivity contribution in [3.63, 3.8) is 0 Å². The SMILES string of the molecule is Cc1ccc(C(=O)NCCNc2ncc(Cl)cc2Cl)cc1S(C)(=O)=O. The number of anilines is 1. The molecule has 0 aliphatic rings. The Morgan fingerprint density at radius 1 is 1.20 bits per heavy atom. The number of aryl methyl sites for hydroxylation is 1. The van der Waals surface area contributed by atoms with Crippen molar-refractivity contribution in [1.82, 2.24) is 10.3 Å². The third kappa shape index (κ3) is 5.32. The number of sulfone groups is 1. The summed E-state index contributed by atoms with van der Waals surface area (Å²) in [5.41, 5.74) is 0.887. The van der Waals surface area contributed by atoms with Gasteiger partial charge in [0.2, 0.25) is 0 Å². The van der Waals surface area contributed by atoms with Crippen LogP contribution in [0.3, 0.4) is 0 Å². The first kappa shape index (κ1) is 19.5. The minimum absolute atomic E-state index is 0.149. The molecule has 2 aromatic rings. The first-order valence-corrected chi connectivity index (χ1v) is 9.97. The van der Waals surface area contributed by atoms with Crippen LogP contribution in [-0.4, -0.2) is 38.7 Å². The molecular formula is C16H17Cl2N3O3S. The maximum absolute atomic E-state index is 12.2. The smallest absolute Gasteiger partial charge is 0.251 e. The van der Waals surface area contributed by atoms with Gasteiger partial charge in [0.15, 0.2) is 9.84 Å². The average Bonchev–Trinajstić information content (AvgIpc) is 2.52. The number of carbonyl (C=O) groups excluding carboxylic acids is 1. The van der Waals surface area contributed by atoms with Crippen LogP contribution in [0, 0.1) is 6.92 Å². The monoisotopic (exact) mass is 401 g/mol. The highest BCUT2D eigenvalue weighted by molar-refractivity contribution is 7.90. The Bertz CT molecular complexity index is 901. The number of nitrogens with zero attached hydrogens (tertiary/aromatic N) is 1. The van der Waals surface area contributed by atoms with Gasteiger partial charge < -0.3 is 10.6 Å². The molecule has 0 spiro atoms. The average molecular weight is 402 g/mol. The molecular weight excluding hydrogens is 385 g/mol. The second kappa shape index (κ2) is 8.03. The Morgan fingerprint density at radius 2 is 1.92 bits per heavy atom. The molecule has 0 saturated carbocycles. The fourth-order valence-electron chi connectivity index (χ4n) is 2.14. The number of nitrogens with one attached hydrogen (secondary N) is 2. The van der Waals surface area contributed by atoms with Gasteiger partial charge >= 0.3 is 0 Å². The van der Waals surface area contributed by atoms with E-state index in [0.29, 0.717) is 34.5 Å². The molecule has 0 saturated heterocycles. The van der Waals surface area contributed by atoms with Gasteiger partial charge in [-0.3, -0.25) is 4.79 Å². The predicted molar refractivity (Wildman–Crippen MR) is 99.4 cm³/mol. The number of pyridine rings is 1. The van der Waals surface area contributed by atoms with Gasteiger partial charge in [0.05, 0.1) is 14.9 Å².